The van der Waals surface area contributed by atoms with Gasteiger partial charge in [0, 0.05) is 24.8 Å². The number of hydrogen-bond acceptors (Lipinski definition) is 7. The highest BCUT2D eigenvalue weighted by Gasteiger charge is 2.45. The van der Waals surface area contributed by atoms with Crippen molar-refractivity contribution in [1.29, 1.82) is 5.26 Å². The van der Waals surface area contributed by atoms with Crippen LogP contribution in [0.15, 0.2) is 94.4 Å². The molecule has 8 nitrogen and oxygen atoms in total. The highest BCUT2D eigenvalue weighted by atomic mass is 32.2. The fraction of sp³-hybridized carbons (Fsp3) is 0.115. The number of nitrogens with zero attached hydrogens (tertiary/aromatic N) is 3. The number of aromatic nitrogens is 2. The molecule has 0 aliphatic heterocycles. The molecule has 0 bridgehead atoms. The summed E-state index contributed by atoms with van der Waals surface area (Å²) in [5.74, 6) is -5.20. The summed E-state index contributed by atoms with van der Waals surface area (Å²) >= 11 is 0. The second kappa shape index (κ2) is 9.24. The van der Waals surface area contributed by atoms with Gasteiger partial charge in [0.1, 0.15) is 18.0 Å². The maximum atomic E-state index is 16.3. The predicted octanol–water partition coefficient (Wildman–Crippen LogP) is 5.25. The molecule has 1 N–H and O–H groups in total. The first-order valence-electron chi connectivity index (χ1n) is 10.9. The molecule has 0 spiro atoms. The molecular formula is C26H18F2N4O4S. The van der Waals surface area contributed by atoms with E-state index in [9.17, 15) is 13.7 Å². The summed E-state index contributed by atoms with van der Waals surface area (Å²) in [6.45, 7) is 0. The number of nitrogens with one attached hydrogen (secondary N) is 1. The number of pyridine rings is 1. The molecule has 1 aliphatic carbocycles. The summed E-state index contributed by atoms with van der Waals surface area (Å²) in [7, 11) is -2.94. The summed E-state index contributed by atoms with van der Waals surface area (Å²) in [5.41, 5.74) is -0.0663. The minimum Gasteiger partial charge on any atom is -0.363 e. The number of rotatable bonds is 6. The van der Waals surface area contributed by atoms with Gasteiger partial charge in [0.2, 0.25) is 0 Å². The minimum absolute atomic E-state index is 0.00388. The number of anilines is 1. The lowest BCUT2D eigenvalue weighted by Crippen LogP contribution is -2.31. The van der Waals surface area contributed by atoms with Crippen molar-refractivity contribution in [3.8, 4) is 6.07 Å². The fourth-order valence-corrected chi connectivity index (χ4v) is 5.25. The van der Waals surface area contributed by atoms with E-state index in [1.165, 1.54) is 42.8 Å². The van der Waals surface area contributed by atoms with Crippen molar-refractivity contribution in [1.82, 2.24) is 10.1 Å². The highest BCUT2D eigenvalue weighted by Crippen LogP contribution is 2.48. The average molecular weight is 521 g/mol. The SMILES string of the molecule is COC1(F)C=C(c2ccccc2)C(C#N)C(F)=C1c1nccc2cc(S(=O)(=O)Nc3ccon3)ccc12. The molecule has 186 valence electrons. The number of allylic oxidation sites excluding steroid dienone is 2. The molecule has 1 aliphatic rings. The first kappa shape index (κ1) is 24.3. The third-order valence-electron chi connectivity index (χ3n) is 5.98. The number of fused-ring (bicyclic) bond motifs is 1. The van der Waals surface area contributed by atoms with Gasteiger partial charge in [-0.15, -0.1) is 0 Å². The van der Waals surface area contributed by atoms with Crippen LogP contribution >= 0.6 is 0 Å². The van der Waals surface area contributed by atoms with Crippen LogP contribution in [0.4, 0.5) is 14.6 Å². The van der Waals surface area contributed by atoms with E-state index in [4.69, 9.17) is 4.74 Å². The third kappa shape index (κ3) is 4.26. The van der Waals surface area contributed by atoms with Crippen molar-refractivity contribution in [2.45, 2.75) is 10.8 Å². The van der Waals surface area contributed by atoms with E-state index in [1.54, 1.807) is 30.3 Å². The molecule has 5 rings (SSSR count). The zero-order valence-corrected chi connectivity index (χ0v) is 20.0. The number of halogens is 2. The van der Waals surface area contributed by atoms with E-state index in [-0.39, 0.29) is 27.4 Å². The van der Waals surface area contributed by atoms with E-state index in [1.807, 2.05) is 6.07 Å². The van der Waals surface area contributed by atoms with Crippen LogP contribution in [0.5, 0.6) is 0 Å². The van der Waals surface area contributed by atoms with Crippen LogP contribution in [0.25, 0.3) is 21.9 Å². The molecule has 2 aromatic heterocycles. The lowest BCUT2D eigenvalue weighted by atomic mass is 9.81. The molecule has 11 heteroatoms. The smallest absolute Gasteiger partial charge is 0.263 e. The van der Waals surface area contributed by atoms with Crippen molar-refractivity contribution >= 4 is 37.8 Å². The number of ether oxygens (including phenoxy) is 1. The van der Waals surface area contributed by atoms with Crippen molar-refractivity contribution in [3.63, 3.8) is 0 Å². The summed E-state index contributed by atoms with van der Waals surface area (Å²) in [6, 6.07) is 17.2. The Hall–Kier alpha value is -4.40. The van der Waals surface area contributed by atoms with E-state index in [2.05, 4.69) is 19.4 Å². The van der Waals surface area contributed by atoms with Gasteiger partial charge in [-0.3, -0.25) is 9.71 Å². The van der Waals surface area contributed by atoms with E-state index < -0.39 is 33.2 Å². The van der Waals surface area contributed by atoms with Gasteiger partial charge in [0.25, 0.3) is 15.9 Å². The molecule has 0 amide bonds. The Morgan fingerprint density at radius 1 is 1.16 bits per heavy atom. The van der Waals surface area contributed by atoms with Gasteiger partial charge in [0.05, 0.1) is 22.2 Å². The fourth-order valence-electron chi connectivity index (χ4n) is 4.23. The molecular weight excluding hydrogens is 502 g/mol. The van der Waals surface area contributed by atoms with Gasteiger partial charge in [-0.05, 0) is 40.8 Å². The Morgan fingerprint density at radius 3 is 2.62 bits per heavy atom. The molecule has 0 saturated heterocycles. The zero-order chi connectivity index (χ0) is 26.2. The molecule has 2 unspecified atom stereocenters. The number of benzene rings is 2. The monoisotopic (exact) mass is 520 g/mol. The predicted molar refractivity (Wildman–Crippen MR) is 131 cm³/mol. The summed E-state index contributed by atoms with van der Waals surface area (Å²) in [4.78, 5) is 4.09. The van der Waals surface area contributed by atoms with Crippen LogP contribution in [-0.2, 0) is 14.8 Å². The van der Waals surface area contributed by atoms with Crippen LogP contribution in [-0.4, -0.2) is 31.5 Å². The van der Waals surface area contributed by atoms with Crippen LogP contribution in [0, 0.1) is 17.2 Å². The third-order valence-corrected chi connectivity index (χ3v) is 7.33. The van der Waals surface area contributed by atoms with Crippen LogP contribution < -0.4 is 4.72 Å². The molecule has 4 aromatic rings. The normalized spacial score (nSPS) is 19.9. The minimum atomic E-state index is -4.03. The summed E-state index contributed by atoms with van der Waals surface area (Å²) < 4.78 is 69.9. The van der Waals surface area contributed by atoms with Gasteiger partial charge < -0.3 is 9.26 Å². The second-order valence-electron chi connectivity index (χ2n) is 8.13. The Balaban J connectivity index is 1.64. The topological polar surface area (TPSA) is 118 Å². The molecule has 0 saturated carbocycles. The van der Waals surface area contributed by atoms with Crippen LogP contribution in [0.2, 0.25) is 0 Å². The lowest BCUT2D eigenvalue weighted by Gasteiger charge is -2.31. The number of alkyl halides is 1. The van der Waals surface area contributed by atoms with Crippen LogP contribution in [0.1, 0.15) is 11.3 Å². The maximum absolute atomic E-state index is 16.3. The van der Waals surface area contributed by atoms with Crippen molar-refractivity contribution in [3.05, 3.63) is 96.3 Å². The molecule has 2 heterocycles. The van der Waals surface area contributed by atoms with Crippen molar-refractivity contribution < 1.29 is 26.5 Å². The molecule has 0 radical (unpaired) electrons. The van der Waals surface area contributed by atoms with E-state index in [0.717, 1.165) is 13.2 Å². The molecule has 2 atom stereocenters. The van der Waals surface area contributed by atoms with E-state index >= 15 is 8.78 Å². The average Bonchev–Trinajstić information content (AvgIpc) is 3.41. The first-order chi connectivity index (χ1) is 17.8. The molecule has 2 aromatic carbocycles. The Kier molecular flexibility index (Phi) is 6.07. The molecule has 37 heavy (non-hydrogen) atoms. The van der Waals surface area contributed by atoms with Crippen LogP contribution in [0.3, 0.4) is 0 Å². The quantitative estimate of drug-likeness (QED) is 0.369. The Bertz CT molecular complexity index is 1700. The number of methoxy groups -OCH3 is 1. The van der Waals surface area contributed by atoms with Gasteiger partial charge in [-0.1, -0.05) is 41.6 Å². The number of nitriles is 1. The molecule has 0 fully saturated rings. The van der Waals surface area contributed by atoms with Gasteiger partial charge in [-0.25, -0.2) is 17.2 Å². The number of sulfonamides is 1. The zero-order valence-electron chi connectivity index (χ0n) is 19.2. The van der Waals surface area contributed by atoms with Gasteiger partial charge >= 0.3 is 0 Å². The summed E-state index contributed by atoms with van der Waals surface area (Å²) in [5, 5.41) is 14.0. The lowest BCUT2D eigenvalue weighted by molar-refractivity contribution is -0.0301. The largest absolute Gasteiger partial charge is 0.363 e. The first-order valence-corrected chi connectivity index (χ1v) is 12.4. The van der Waals surface area contributed by atoms with Crippen molar-refractivity contribution in [2.24, 2.45) is 5.92 Å². The summed E-state index contributed by atoms with van der Waals surface area (Å²) in [6.07, 6.45) is 3.59. The van der Waals surface area contributed by atoms with Gasteiger partial charge in [-0.2, -0.15) is 5.26 Å². The highest BCUT2D eigenvalue weighted by molar-refractivity contribution is 7.92. The second-order valence-corrected chi connectivity index (χ2v) is 9.81. The maximum Gasteiger partial charge on any atom is 0.263 e. The Labute approximate surface area is 210 Å². The van der Waals surface area contributed by atoms with Gasteiger partial charge in [0.15, 0.2) is 5.82 Å². The van der Waals surface area contributed by atoms with E-state index in [0.29, 0.717) is 10.9 Å². The standard InChI is InChI=1S/C26H18F2N4O4S/c1-35-26(28)14-20(16-5-3-2-4-6-16)21(15-29)24(27)23(26)25-19-8-7-18(13-17(19)9-11-30-25)37(33,34)32-22-10-12-36-31-22/h2-14,21H,1H3,(H,31,32). The van der Waals surface area contributed by atoms with Crippen molar-refractivity contribution in [2.75, 3.05) is 11.8 Å². The Morgan fingerprint density at radius 2 is 1.95 bits per heavy atom. The number of hydrogen-bond donors (Lipinski definition) is 1.